The van der Waals surface area contributed by atoms with Gasteiger partial charge in [-0.15, -0.1) is 0 Å². The molecule has 14 heavy (non-hydrogen) atoms. The highest BCUT2D eigenvalue weighted by atomic mass is 14.6. The Morgan fingerprint density at radius 2 is 1.79 bits per heavy atom. The molecule has 0 heteroatoms. The van der Waals surface area contributed by atoms with Crippen molar-refractivity contribution in [1.82, 2.24) is 0 Å². The van der Waals surface area contributed by atoms with Crippen LogP contribution in [0.25, 0.3) is 0 Å². The molecule has 0 nitrogen and oxygen atoms in total. The largest absolute Gasteiger partial charge is 0.0654 e. The zero-order chi connectivity index (χ0) is 10.8. The van der Waals surface area contributed by atoms with E-state index in [1.54, 1.807) is 0 Å². The van der Waals surface area contributed by atoms with Crippen molar-refractivity contribution in [1.29, 1.82) is 0 Å². The molecule has 0 heterocycles. The first-order chi connectivity index (χ1) is 6.60. The lowest BCUT2D eigenvalue weighted by molar-refractivity contribution is 0.392. The van der Waals surface area contributed by atoms with Gasteiger partial charge in [-0.2, -0.15) is 0 Å². The molecular weight excluding hydrogens is 168 g/mol. The molecule has 84 valence electrons. The smallest absolute Gasteiger partial charge is 0.0266 e. The third-order valence-corrected chi connectivity index (χ3v) is 4.71. The van der Waals surface area contributed by atoms with Crippen LogP contribution in [0, 0.1) is 23.2 Å². The Hall–Kier alpha value is 0. The average Bonchev–Trinajstić information content (AvgIpc) is 2.72. The van der Waals surface area contributed by atoms with Crippen molar-refractivity contribution in [2.45, 2.75) is 66.7 Å². The van der Waals surface area contributed by atoms with Gasteiger partial charge in [0.05, 0.1) is 0 Å². The van der Waals surface area contributed by atoms with Gasteiger partial charge in [-0.3, -0.25) is 0 Å². The maximum absolute atomic E-state index is 2.50. The molecule has 0 aromatic rings. The Labute approximate surface area is 90.5 Å². The average molecular weight is 196 g/mol. The van der Waals surface area contributed by atoms with Crippen LogP contribution in [0.3, 0.4) is 0 Å². The SMILES string of the molecule is CCCC(C)CC1C(CC)C1(C)CC. The van der Waals surface area contributed by atoms with Crippen molar-refractivity contribution < 1.29 is 0 Å². The summed E-state index contributed by atoms with van der Waals surface area (Å²) in [6, 6.07) is 0. The lowest BCUT2D eigenvalue weighted by atomic mass is 9.94. The maximum atomic E-state index is 2.50. The van der Waals surface area contributed by atoms with Crippen molar-refractivity contribution in [3.63, 3.8) is 0 Å². The highest BCUT2D eigenvalue weighted by Crippen LogP contribution is 2.64. The standard InChI is InChI=1S/C14H28/c1-6-9-11(4)10-13-12(7-2)14(13,5)8-3/h11-13H,6-10H2,1-5H3. The first kappa shape index (κ1) is 12.1. The summed E-state index contributed by atoms with van der Waals surface area (Å²) in [6.45, 7) is 12.0. The molecule has 0 spiro atoms. The van der Waals surface area contributed by atoms with Crippen LogP contribution in [0.2, 0.25) is 0 Å². The van der Waals surface area contributed by atoms with Crippen molar-refractivity contribution >= 4 is 0 Å². The Morgan fingerprint density at radius 1 is 1.14 bits per heavy atom. The first-order valence-corrected chi connectivity index (χ1v) is 6.60. The van der Waals surface area contributed by atoms with E-state index in [1.165, 1.54) is 32.1 Å². The van der Waals surface area contributed by atoms with Crippen molar-refractivity contribution in [3.05, 3.63) is 0 Å². The minimum Gasteiger partial charge on any atom is -0.0654 e. The number of hydrogen-bond acceptors (Lipinski definition) is 0. The predicted molar refractivity (Wildman–Crippen MR) is 64.4 cm³/mol. The molecule has 1 fully saturated rings. The molecule has 1 aliphatic rings. The topological polar surface area (TPSA) is 0 Å². The third-order valence-electron chi connectivity index (χ3n) is 4.71. The van der Waals surface area contributed by atoms with Crippen molar-refractivity contribution in [2.75, 3.05) is 0 Å². The van der Waals surface area contributed by atoms with Crippen LogP contribution in [-0.2, 0) is 0 Å². The Kier molecular flexibility index (Phi) is 4.04. The van der Waals surface area contributed by atoms with Gasteiger partial charge < -0.3 is 0 Å². The molecule has 1 aliphatic carbocycles. The van der Waals surface area contributed by atoms with Crippen LogP contribution >= 0.6 is 0 Å². The van der Waals surface area contributed by atoms with Crippen LogP contribution in [0.1, 0.15) is 66.7 Å². The van der Waals surface area contributed by atoms with Gasteiger partial charge in [0.1, 0.15) is 0 Å². The molecule has 0 bridgehead atoms. The highest BCUT2D eigenvalue weighted by molar-refractivity contribution is 5.06. The van der Waals surface area contributed by atoms with Gasteiger partial charge >= 0.3 is 0 Å². The summed E-state index contributed by atoms with van der Waals surface area (Å²) >= 11 is 0. The molecule has 0 saturated heterocycles. The van der Waals surface area contributed by atoms with Crippen molar-refractivity contribution in [3.8, 4) is 0 Å². The molecule has 1 saturated carbocycles. The van der Waals surface area contributed by atoms with E-state index in [9.17, 15) is 0 Å². The molecule has 0 amide bonds. The highest BCUT2D eigenvalue weighted by Gasteiger charge is 2.57. The zero-order valence-electron chi connectivity index (χ0n) is 10.8. The van der Waals surface area contributed by atoms with Crippen LogP contribution in [0.4, 0.5) is 0 Å². The van der Waals surface area contributed by atoms with Gasteiger partial charge in [-0.05, 0) is 29.6 Å². The quantitative estimate of drug-likeness (QED) is 0.567. The molecule has 0 aromatic carbocycles. The molecular formula is C14H28. The fourth-order valence-corrected chi connectivity index (χ4v) is 3.52. The van der Waals surface area contributed by atoms with E-state index in [4.69, 9.17) is 0 Å². The minimum atomic E-state index is 0.705. The summed E-state index contributed by atoms with van der Waals surface area (Å²) in [7, 11) is 0. The Bertz CT molecular complexity index is 173. The van der Waals surface area contributed by atoms with Crippen LogP contribution in [0.15, 0.2) is 0 Å². The normalized spacial score (nSPS) is 38.4. The van der Waals surface area contributed by atoms with E-state index in [0.717, 1.165) is 17.8 Å². The molecule has 0 aliphatic heterocycles. The molecule has 0 aromatic heterocycles. The lowest BCUT2D eigenvalue weighted by Gasteiger charge is -2.12. The summed E-state index contributed by atoms with van der Waals surface area (Å²) in [5, 5.41) is 0. The van der Waals surface area contributed by atoms with E-state index in [-0.39, 0.29) is 0 Å². The molecule has 1 rings (SSSR count). The summed E-state index contributed by atoms with van der Waals surface area (Å²) in [5.41, 5.74) is 0.705. The second-order valence-corrected chi connectivity index (χ2v) is 5.61. The summed E-state index contributed by atoms with van der Waals surface area (Å²) < 4.78 is 0. The third kappa shape index (κ3) is 2.15. The lowest BCUT2D eigenvalue weighted by Crippen LogP contribution is -2.01. The van der Waals surface area contributed by atoms with Crippen LogP contribution in [-0.4, -0.2) is 0 Å². The van der Waals surface area contributed by atoms with Gasteiger partial charge in [0.25, 0.3) is 0 Å². The first-order valence-electron chi connectivity index (χ1n) is 6.60. The fraction of sp³-hybridized carbons (Fsp3) is 1.00. The van der Waals surface area contributed by atoms with E-state index >= 15 is 0 Å². The van der Waals surface area contributed by atoms with Gasteiger partial charge in [-0.25, -0.2) is 0 Å². The van der Waals surface area contributed by atoms with Crippen molar-refractivity contribution in [2.24, 2.45) is 23.2 Å². The van der Waals surface area contributed by atoms with Gasteiger partial charge in [0, 0.05) is 0 Å². The zero-order valence-corrected chi connectivity index (χ0v) is 10.8. The monoisotopic (exact) mass is 196 g/mol. The fourth-order valence-electron chi connectivity index (χ4n) is 3.52. The summed E-state index contributed by atoms with van der Waals surface area (Å²) in [6.07, 6.45) is 7.04. The summed E-state index contributed by atoms with van der Waals surface area (Å²) in [5.74, 6) is 3.03. The van der Waals surface area contributed by atoms with E-state index < -0.39 is 0 Å². The summed E-state index contributed by atoms with van der Waals surface area (Å²) in [4.78, 5) is 0. The van der Waals surface area contributed by atoms with E-state index in [2.05, 4.69) is 34.6 Å². The van der Waals surface area contributed by atoms with Gasteiger partial charge in [0.15, 0.2) is 0 Å². The van der Waals surface area contributed by atoms with Crippen LogP contribution in [0.5, 0.6) is 0 Å². The molecule has 0 radical (unpaired) electrons. The molecule has 4 unspecified atom stereocenters. The minimum absolute atomic E-state index is 0.705. The number of hydrogen-bond donors (Lipinski definition) is 0. The second-order valence-electron chi connectivity index (χ2n) is 5.61. The Morgan fingerprint density at radius 3 is 2.14 bits per heavy atom. The second kappa shape index (κ2) is 4.68. The molecule has 0 N–H and O–H groups in total. The van der Waals surface area contributed by atoms with E-state index in [0.29, 0.717) is 5.41 Å². The van der Waals surface area contributed by atoms with Gasteiger partial charge in [-0.1, -0.05) is 60.3 Å². The number of rotatable bonds is 6. The maximum Gasteiger partial charge on any atom is -0.0266 e. The molecule has 4 atom stereocenters. The van der Waals surface area contributed by atoms with E-state index in [1.807, 2.05) is 0 Å². The predicted octanol–water partition coefficient (Wildman–Crippen LogP) is 4.89. The Balaban J connectivity index is 2.39. The van der Waals surface area contributed by atoms with Crippen LogP contribution < -0.4 is 0 Å². The van der Waals surface area contributed by atoms with Gasteiger partial charge in [0.2, 0.25) is 0 Å².